The van der Waals surface area contributed by atoms with Gasteiger partial charge in [0.1, 0.15) is 22.2 Å². The molecule has 0 saturated heterocycles. The predicted octanol–water partition coefficient (Wildman–Crippen LogP) is 2.88. The summed E-state index contributed by atoms with van der Waals surface area (Å²) < 4.78 is 13.2. The fraction of sp³-hybridized carbons (Fsp3) is 0.208. The molecule has 10 heteroatoms. The lowest BCUT2D eigenvalue weighted by Gasteiger charge is -2.15. The smallest absolute Gasteiger partial charge is 0.489 e. The zero-order valence-electron chi connectivity index (χ0n) is 18.3. The van der Waals surface area contributed by atoms with E-state index in [4.69, 9.17) is 14.1 Å². The molecule has 0 aliphatic heterocycles. The van der Waals surface area contributed by atoms with Crippen LogP contribution in [0.4, 0.5) is 0 Å². The third-order valence-electron chi connectivity index (χ3n) is 6.24. The molecule has 1 aliphatic rings. The lowest BCUT2D eigenvalue weighted by molar-refractivity contribution is 0.414. The molecule has 0 bridgehead atoms. The SMILES string of the molecule is COc1ccc(-c2nc3sc4c(B(O)O)cccc4c3c(=O)n2Cc2cnco2)c(C2CC2)c1. The molecule has 2 N–H and O–H groups in total. The molecule has 2 aromatic carbocycles. The van der Waals surface area contributed by atoms with Crippen LogP contribution in [0.15, 0.2) is 58.2 Å². The van der Waals surface area contributed by atoms with Gasteiger partial charge >= 0.3 is 7.12 Å². The Labute approximate surface area is 198 Å². The molecule has 1 fully saturated rings. The van der Waals surface area contributed by atoms with E-state index in [9.17, 15) is 14.8 Å². The van der Waals surface area contributed by atoms with Crippen LogP contribution in [0.2, 0.25) is 0 Å². The van der Waals surface area contributed by atoms with Gasteiger partial charge in [0.25, 0.3) is 5.56 Å². The molecule has 170 valence electrons. The van der Waals surface area contributed by atoms with Gasteiger partial charge in [0.15, 0.2) is 6.39 Å². The van der Waals surface area contributed by atoms with Crippen LogP contribution in [0.5, 0.6) is 5.75 Å². The van der Waals surface area contributed by atoms with Crippen molar-refractivity contribution in [3.63, 3.8) is 0 Å². The molecular weight excluding hydrogens is 453 g/mol. The third-order valence-corrected chi connectivity index (χ3v) is 7.39. The van der Waals surface area contributed by atoms with E-state index in [0.29, 0.717) is 43.3 Å². The minimum Gasteiger partial charge on any atom is -0.497 e. The van der Waals surface area contributed by atoms with E-state index in [2.05, 4.69) is 4.98 Å². The quantitative estimate of drug-likeness (QED) is 0.365. The number of hydrogen-bond acceptors (Lipinski definition) is 8. The van der Waals surface area contributed by atoms with E-state index in [1.54, 1.807) is 30.0 Å². The van der Waals surface area contributed by atoms with Gasteiger partial charge in [-0.3, -0.25) is 9.36 Å². The highest BCUT2D eigenvalue weighted by atomic mass is 32.1. The van der Waals surface area contributed by atoms with Gasteiger partial charge in [0.2, 0.25) is 0 Å². The molecule has 6 rings (SSSR count). The molecule has 3 aromatic heterocycles. The fourth-order valence-corrected chi connectivity index (χ4v) is 5.63. The monoisotopic (exact) mass is 473 g/mol. The standard InChI is InChI=1S/C24H20BN3O5S/c1-32-14-7-8-16(18(9-14)13-5-6-13)22-27-23-20(24(29)28(22)11-15-10-26-12-33-15)17-3-2-4-19(25(30)31)21(17)34-23/h2-4,7-10,12-13,30-31H,5-6,11H2,1H3. The summed E-state index contributed by atoms with van der Waals surface area (Å²) in [4.78, 5) is 23.4. The maximum atomic E-state index is 13.9. The summed E-state index contributed by atoms with van der Waals surface area (Å²) >= 11 is 1.29. The van der Waals surface area contributed by atoms with E-state index in [-0.39, 0.29) is 12.1 Å². The Balaban J connectivity index is 1.67. The highest BCUT2D eigenvalue weighted by Crippen LogP contribution is 2.45. The topological polar surface area (TPSA) is 111 Å². The van der Waals surface area contributed by atoms with Crippen LogP contribution >= 0.6 is 11.3 Å². The maximum Gasteiger partial charge on any atom is 0.489 e. The summed E-state index contributed by atoms with van der Waals surface area (Å²) in [6.45, 7) is 0.174. The highest BCUT2D eigenvalue weighted by Gasteiger charge is 2.29. The summed E-state index contributed by atoms with van der Waals surface area (Å²) in [6.07, 6.45) is 5.08. The second-order valence-electron chi connectivity index (χ2n) is 8.40. The van der Waals surface area contributed by atoms with Gasteiger partial charge in [-0.1, -0.05) is 18.2 Å². The van der Waals surface area contributed by atoms with Gasteiger partial charge in [-0.05, 0) is 48.0 Å². The Kier molecular flexibility index (Phi) is 5.02. The molecule has 0 unspecified atom stereocenters. The number of aromatic nitrogens is 3. The van der Waals surface area contributed by atoms with Crippen LogP contribution in [0.25, 0.3) is 31.7 Å². The Bertz CT molecular complexity index is 1590. The van der Waals surface area contributed by atoms with Crippen molar-refractivity contribution in [2.75, 3.05) is 7.11 Å². The van der Waals surface area contributed by atoms with Gasteiger partial charge in [-0.25, -0.2) is 9.97 Å². The van der Waals surface area contributed by atoms with Gasteiger partial charge in [-0.2, -0.15) is 0 Å². The number of nitrogens with zero attached hydrogens (tertiary/aromatic N) is 3. The Hall–Kier alpha value is -3.47. The van der Waals surface area contributed by atoms with E-state index in [0.717, 1.165) is 29.7 Å². The number of thiophene rings is 1. The minimum atomic E-state index is -1.64. The first-order valence-electron chi connectivity index (χ1n) is 10.9. The molecular formula is C24H20BN3O5S. The number of ether oxygens (including phenoxy) is 1. The molecule has 0 spiro atoms. The summed E-state index contributed by atoms with van der Waals surface area (Å²) in [6, 6.07) is 11.0. The molecule has 3 heterocycles. The van der Waals surface area contributed by atoms with Gasteiger partial charge in [0.05, 0.1) is 25.2 Å². The first-order chi connectivity index (χ1) is 16.5. The second kappa shape index (κ2) is 8.09. The maximum absolute atomic E-state index is 13.9. The number of hydrogen-bond donors (Lipinski definition) is 2. The average molecular weight is 473 g/mol. The Morgan fingerprint density at radius 1 is 1.26 bits per heavy atom. The molecule has 0 radical (unpaired) electrons. The summed E-state index contributed by atoms with van der Waals surface area (Å²) in [5.41, 5.74) is 2.11. The zero-order valence-corrected chi connectivity index (χ0v) is 19.1. The van der Waals surface area contributed by atoms with Crippen LogP contribution in [-0.4, -0.2) is 38.8 Å². The number of methoxy groups -OCH3 is 1. The van der Waals surface area contributed by atoms with Gasteiger partial charge in [0, 0.05) is 15.6 Å². The second-order valence-corrected chi connectivity index (χ2v) is 9.40. The van der Waals surface area contributed by atoms with Crippen LogP contribution in [0.1, 0.15) is 30.1 Å². The molecule has 8 nitrogen and oxygen atoms in total. The molecule has 0 atom stereocenters. The van der Waals surface area contributed by atoms with Crippen molar-refractivity contribution in [3.05, 3.63) is 70.7 Å². The summed E-state index contributed by atoms with van der Waals surface area (Å²) in [5, 5.41) is 20.8. The Morgan fingerprint density at radius 2 is 2.12 bits per heavy atom. The van der Waals surface area contributed by atoms with E-state index in [1.807, 2.05) is 24.3 Å². The summed E-state index contributed by atoms with van der Waals surface area (Å²) in [7, 11) is -0.00378. The fourth-order valence-electron chi connectivity index (χ4n) is 4.44. The lowest BCUT2D eigenvalue weighted by atomic mass is 9.80. The minimum absolute atomic E-state index is 0.174. The zero-order chi connectivity index (χ0) is 23.4. The predicted molar refractivity (Wildman–Crippen MR) is 131 cm³/mol. The van der Waals surface area contributed by atoms with Crippen LogP contribution in [-0.2, 0) is 6.54 Å². The number of rotatable bonds is 6. The van der Waals surface area contributed by atoms with Crippen molar-refractivity contribution in [1.82, 2.24) is 14.5 Å². The van der Waals surface area contributed by atoms with Gasteiger partial charge < -0.3 is 19.2 Å². The van der Waals surface area contributed by atoms with Crippen molar-refractivity contribution in [2.24, 2.45) is 0 Å². The largest absolute Gasteiger partial charge is 0.497 e. The Morgan fingerprint density at radius 3 is 2.82 bits per heavy atom. The lowest BCUT2D eigenvalue weighted by Crippen LogP contribution is -2.29. The molecule has 5 aromatic rings. The van der Waals surface area contributed by atoms with Crippen molar-refractivity contribution in [3.8, 4) is 17.1 Å². The van der Waals surface area contributed by atoms with Crippen molar-refractivity contribution in [1.29, 1.82) is 0 Å². The van der Waals surface area contributed by atoms with Crippen LogP contribution < -0.4 is 15.8 Å². The average Bonchev–Trinajstić information content (AvgIpc) is 3.42. The third kappa shape index (κ3) is 3.42. The van der Waals surface area contributed by atoms with Crippen molar-refractivity contribution < 1.29 is 19.2 Å². The van der Waals surface area contributed by atoms with Crippen LogP contribution in [0.3, 0.4) is 0 Å². The number of fused-ring (bicyclic) bond motifs is 3. The number of benzene rings is 2. The van der Waals surface area contributed by atoms with Crippen molar-refractivity contribution in [2.45, 2.75) is 25.3 Å². The molecule has 34 heavy (non-hydrogen) atoms. The summed E-state index contributed by atoms with van der Waals surface area (Å²) in [5.74, 6) is 2.24. The van der Waals surface area contributed by atoms with E-state index >= 15 is 0 Å². The van der Waals surface area contributed by atoms with E-state index in [1.165, 1.54) is 17.7 Å². The molecule has 0 amide bonds. The molecule has 1 aliphatic carbocycles. The van der Waals surface area contributed by atoms with Crippen molar-refractivity contribution >= 4 is 44.2 Å². The molecule has 1 saturated carbocycles. The normalized spacial score (nSPS) is 13.6. The van der Waals surface area contributed by atoms with Crippen LogP contribution in [0, 0.1) is 0 Å². The first-order valence-corrected chi connectivity index (χ1v) is 11.7. The van der Waals surface area contributed by atoms with E-state index < -0.39 is 7.12 Å². The highest BCUT2D eigenvalue weighted by molar-refractivity contribution is 7.26. The number of oxazole rings is 1. The first kappa shape index (κ1) is 21.1. The van der Waals surface area contributed by atoms with Gasteiger partial charge in [-0.15, -0.1) is 11.3 Å².